The number of halogens is 3. The molecule has 1 aromatic carbocycles. The van der Waals surface area contributed by atoms with Crippen molar-refractivity contribution in [1.82, 2.24) is 0 Å². The minimum absolute atomic E-state index is 0.173. The minimum Gasteiger partial charge on any atom is -0.294 e. The number of ketones is 1. The quantitative estimate of drug-likeness (QED) is 0.752. The van der Waals surface area contributed by atoms with Crippen LogP contribution >= 0.6 is 15.9 Å². The van der Waals surface area contributed by atoms with Gasteiger partial charge < -0.3 is 0 Å². The van der Waals surface area contributed by atoms with Crippen LogP contribution in [-0.2, 0) is 0 Å². The van der Waals surface area contributed by atoms with Crippen molar-refractivity contribution in [2.75, 3.05) is 0 Å². The third-order valence-corrected chi connectivity index (χ3v) is 3.12. The zero-order valence-electron chi connectivity index (χ0n) is 7.84. The summed E-state index contributed by atoms with van der Waals surface area (Å²) in [5.74, 6) is -3.30. The first-order valence-electron chi connectivity index (χ1n) is 4.65. The summed E-state index contributed by atoms with van der Waals surface area (Å²) in [6.45, 7) is 0. The van der Waals surface area contributed by atoms with Gasteiger partial charge >= 0.3 is 0 Å². The Balaban J connectivity index is 2.07. The van der Waals surface area contributed by atoms with E-state index < -0.39 is 11.8 Å². The molecule has 0 spiro atoms. The monoisotopic (exact) mass is 274 g/mol. The first kappa shape index (κ1) is 10.7. The molecule has 1 fully saturated rings. The molecule has 0 aromatic heterocycles. The topological polar surface area (TPSA) is 17.1 Å². The highest BCUT2D eigenvalue weighted by Gasteiger charge is 2.48. The summed E-state index contributed by atoms with van der Waals surface area (Å²) in [5.41, 5.74) is 0.513. The minimum atomic E-state index is -2.63. The highest BCUT2D eigenvalue weighted by molar-refractivity contribution is 9.10. The molecule has 0 radical (unpaired) electrons. The molecule has 1 saturated carbocycles. The summed E-state index contributed by atoms with van der Waals surface area (Å²) in [6.07, 6.45) is -0.607. The van der Waals surface area contributed by atoms with Crippen molar-refractivity contribution in [1.29, 1.82) is 0 Å². The Morgan fingerprint density at radius 3 is 2.27 bits per heavy atom. The van der Waals surface area contributed by atoms with Crippen LogP contribution in [0.5, 0.6) is 0 Å². The van der Waals surface area contributed by atoms with Crippen LogP contribution in [0.2, 0.25) is 0 Å². The van der Waals surface area contributed by atoms with Crippen molar-refractivity contribution in [3.63, 3.8) is 0 Å². The molecular formula is C11H9BrF2O. The fourth-order valence-corrected chi connectivity index (χ4v) is 1.96. The smallest absolute Gasteiger partial charge is 0.249 e. The molecule has 0 unspecified atom stereocenters. The molecule has 4 heteroatoms. The molecule has 1 aromatic rings. The van der Waals surface area contributed by atoms with E-state index in [0.29, 0.717) is 5.56 Å². The molecule has 15 heavy (non-hydrogen) atoms. The Labute approximate surface area is 94.6 Å². The van der Waals surface area contributed by atoms with Gasteiger partial charge in [0.05, 0.1) is 0 Å². The van der Waals surface area contributed by atoms with Crippen molar-refractivity contribution < 1.29 is 13.6 Å². The van der Waals surface area contributed by atoms with Crippen LogP contribution in [0.4, 0.5) is 8.78 Å². The molecule has 1 aliphatic rings. The van der Waals surface area contributed by atoms with E-state index in [1.165, 1.54) is 0 Å². The average Bonchev–Trinajstić information content (AvgIpc) is 2.14. The Morgan fingerprint density at radius 2 is 1.80 bits per heavy atom. The van der Waals surface area contributed by atoms with Crippen molar-refractivity contribution >= 4 is 21.7 Å². The largest absolute Gasteiger partial charge is 0.294 e. The van der Waals surface area contributed by atoms with Crippen molar-refractivity contribution in [2.24, 2.45) is 5.92 Å². The van der Waals surface area contributed by atoms with Crippen LogP contribution in [0.25, 0.3) is 0 Å². The van der Waals surface area contributed by atoms with Gasteiger partial charge in [0.1, 0.15) is 0 Å². The van der Waals surface area contributed by atoms with E-state index in [-0.39, 0.29) is 18.6 Å². The Kier molecular flexibility index (Phi) is 2.63. The Hall–Kier alpha value is -0.770. The third-order valence-electron chi connectivity index (χ3n) is 2.59. The van der Waals surface area contributed by atoms with E-state index in [0.717, 1.165) is 4.47 Å². The van der Waals surface area contributed by atoms with Crippen molar-refractivity contribution in [3.8, 4) is 0 Å². The van der Waals surface area contributed by atoms with Gasteiger partial charge in [-0.2, -0.15) is 0 Å². The molecule has 0 heterocycles. The molecule has 0 saturated heterocycles. The van der Waals surface area contributed by atoms with Crippen LogP contribution in [-0.4, -0.2) is 11.7 Å². The SMILES string of the molecule is O=C(c1ccc(Br)cc1)C1CC(F)(F)C1. The maximum absolute atomic E-state index is 12.6. The fraction of sp³-hybridized carbons (Fsp3) is 0.364. The number of carbonyl (C=O) groups excluding carboxylic acids is 1. The predicted octanol–water partition coefficient (Wildman–Crippen LogP) is 3.68. The second kappa shape index (κ2) is 3.67. The van der Waals surface area contributed by atoms with Gasteiger partial charge in [-0.1, -0.05) is 28.1 Å². The molecule has 0 atom stereocenters. The van der Waals surface area contributed by atoms with Crippen molar-refractivity contribution in [3.05, 3.63) is 34.3 Å². The number of hydrogen-bond donors (Lipinski definition) is 0. The lowest BCUT2D eigenvalue weighted by Crippen LogP contribution is -2.39. The van der Waals surface area contributed by atoms with Crippen LogP contribution in [0.3, 0.4) is 0 Å². The Bertz CT molecular complexity index is 378. The fourth-order valence-electron chi connectivity index (χ4n) is 1.70. The summed E-state index contributed by atoms with van der Waals surface area (Å²) in [7, 11) is 0. The average molecular weight is 275 g/mol. The molecule has 1 aliphatic carbocycles. The maximum Gasteiger partial charge on any atom is 0.249 e. The maximum atomic E-state index is 12.6. The van der Waals surface area contributed by atoms with E-state index in [9.17, 15) is 13.6 Å². The standard InChI is InChI=1S/C11H9BrF2O/c12-9-3-1-7(2-4-9)10(15)8-5-11(13,14)6-8/h1-4,8H,5-6H2. The van der Waals surface area contributed by atoms with Crippen LogP contribution in [0.15, 0.2) is 28.7 Å². The molecule has 80 valence electrons. The lowest BCUT2D eigenvalue weighted by atomic mass is 9.77. The van der Waals surface area contributed by atoms with Gasteiger partial charge in [-0.25, -0.2) is 8.78 Å². The predicted molar refractivity (Wildman–Crippen MR) is 56.1 cm³/mol. The van der Waals surface area contributed by atoms with E-state index in [1.807, 2.05) is 0 Å². The molecule has 0 amide bonds. The number of Topliss-reactive ketones (excluding diaryl/α,β-unsaturated/α-hetero) is 1. The summed E-state index contributed by atoms with van der Waals surface area (Å²) < 4.78 is 26.0. The number of hydrogen-bond acceptors (Lipinski definition) is 1. The van der Waals surface area contributed by atoms with Gasteiger partial charge in [-0.15, -0.1) is 0 Å². The van der Waals surface area contributed by atoms with E-state index in [1.54, 1.807) is 24.3 Å². The zero-order valence-corrected chi connectivity index (χ0v) is 9.43. The molecule has 0 aliphatic heterocycles. The highest BCUT2D eigenvalue weighted by Crippen LogP contribution is 2.43. The lowest BCUT2D eigenvalue weighted by molar-refractivity contribution is -0.0982. The van der Waals surface area contributed by atoms with Crippen LogP contribution < -0.4 is 0 Å². The molecule has 2 rings (SSSR count). The molecular weight excluding hydrogens is 266 g/mol. The van der Waals surface area contributed by atoms with Gasteiger partial charge in [0.25, 0.3) is 0 Å². The molecule has 0 N–H and O–H groups in total. The van der Waals surface area contributed by atoms with E-state index in [2.05, 4.69) is 15.9 Å². The number of alkyl halides is 2. The summed E-state index contributed by atoms with van der Waals surface area (Å²) >= 11 is 3.25. The summed E-state index contributed by atoms with van der Waals surface area (Å²) in [4.78, 5) is 11.7. The number of carbonyl (C=O) groups is 1. The Morgan fingerprint density at radius 1 is 1.27 bits per heavy atom. The summed E-state index contributed by atoms with van der Waals surface area (Å²) in [5, 5.41) is 0. The van der Waals surface area contributed by atoms with Gasteiger partial charge in [0.15, 0.2) is 5.78 Å². The molecule has 0 bridgehead atoms. The molecule has 1 nitrogen and oxygen atoms in total. The number of benzene rings is 1. The van der Waals surface area contributed by atoms with Gasteiger partial charge in [0, 0.05) is 28.8 Å². The van der Waals surface area contributed by atoms with Crippen LogP contribution in [0.1, 0.15) is 23.2 Å². The zero-order chi connectivity index (χ0) is 11.1. The van der Waals surface area contributed by atoms with Crippen LogP contribution in [0, 0.1) is 5.92 Å². The van der Waals surface area contributed by atoms with Gasteiger partial charge in [-0.05, 0) is 12.1 Å². The summed E-state index contributed by atoms with van der Waals surface area (Å²) in [6, 6.07) is 6.79. The second-order valence-electron chi connectivity index (χ2n) is 3.83. The lowest BCUT2D eigenvalue weighted by Gasteiger charge is -2.33. The van der Waals surface area contributed by atoms with Gasteiger partial charge in [0.2, 0.25) is 5.92 Å². The van der Waals surface area contributed by atoms with E-state index in [4.69, 9.17) is 0 Å². The highest BCUT2D eigenvalue weighted by atomic mass is 79.9. The first-order chi connectivity index (χ1) is 6.98. The third kappa shape index (κ3) is 2.25. The number of rotatable bonds is 2. The normalized spacial score (nSPS) is 19.7. The van der Waals surface area contributed by atoms with Crippen molar-refractivity contribution in [2.45, 2.75) is 18.8 Å². The first-order valence-corrected chi connectivity index (χ1v) is 5.45. The van der Waals surface area contributed by atoms with Gasteiger partial charge in [-0.3, -0.25) is 4.79 Å². The second-order valence-corrected chi connectivity index (χ2v) is 4.75. The van der Waals surface area contributed by atoms with E-state index >= 15 is 0 Å².